The second-order valence-corrected chi connectivity index (χ2v) is 4.77. The number of carboxylic acids is 3. The Morgan fingerprint density at radius 3 is 1.81 bits per heavy atom. The van der Waals surface area contributed by atoms with Crippen LogP contribution in [0.5, 0.6) is 0 Å². The highest BCUT2D eigenvalue weighted by atomic mass is 16.6. The molecule has 0 bridgehead atoms. The fourth-order valence-corrected chi connectivity index (χ4v) is 1.56. The van der Waals surface area contributed by atoms with Crippen molar-refractivity contribution in [3.63, 3.8) is 0 Å². The SMILES string of the molecule is CCC(C)C(N)C(=O)OC(CC(=O)O)(CC(=O)O)C(=O)O. The maximum absolute atomic E-state index is 11.8. The molecule has 0 aliphatic carbocycles. The molecule has 2 unspecified atom stereocenters. The molecule has 0 fully saturated rings. The molecule has 0 aromatic rings. The summed E-state index contributed by atoms with van der Waals surface area (Å²) in [5, 5.41) is 26.6. The zero-order valence-corrected chi connectivity index (χ0v) is 11.7. The van der Waals surface area contributed by atoms with Crippen molar-refractivity contribution >= 4 is 23.9 Å². The van der Waals surface area contributed by atoms with Crippen molar-refractivity contribution in [2.24, 2.45) is 11.7 Å². The number of carbonyl (C=O) groups excluding carboxylic acids is 1. The van der Waals surface area contributed by atoms with Crippen LogP contribution < -0.4 is 5.73 Å². The molecule has 0 aliphatic heterocycles. The Bertz CT molecular complexity index is 417. The zero-order chi connectivity index (χ0) is 16.8. The van der Waals surface area contributed by atoms with Crippen molar-refractivity contribution in [1.29, 1.82) is 0 Å². The van der Waals surface area contributed by atoms with Crippen LogP contribution >= 0.6 is 0 Å². The molecule has 9 heteroatoms. The first-order valence-corrected chi connectivity index (χ1v) is 6.21. The third-order valence-corrected chi connectivity index (χ3v) is 3.09. The summed E-state index contributed by atoms with van der Waals surface area (Å²) in [6.07, 6.45) is -1.84. The smallest absolute Gasteiger partial charge is 0.349 e. The predicted octanol–water partition coefficient (Wildman–Crippen LogP) is -0.324. The van der Waals surface area contributed by atoms with Crippen molar-refractivity contribution in [2.75, 3.05) is 0 Å². The summed E-state index contributed by atoms with van der Waals surface area (Å²) in [4.78, 5) is 44.6. The minimum atomic E-state index is -2.68. The van der Waals surface area contributed by atoms with Gasteiger partial charge in [-0.2, -0.15) is 0 Å². The summed E-state index contributed by atoms with van der Waals surface area (Å²) >= 11 is 0. The van der Waals surface area contributed by atoms with Crippen molar-refractivity contribution in [3.05, 3.63) is 0 Å². The molecule has 120 valence electrons. The third kappa shape index (κ3) is 5.38. The highest BCUT2D eigenvalue weighted by molar-refractivity contribution is 5.91. The number of carboxylic acid groups (broad SMARTS) is 3. The predicted molar refractivity (Wildman–Crippen MR) is 68.4 cm³/mol. The van der Waals surface area contributed by atoms with E-state index in [4.69, 9.17) is 21.1 Å². The van der Waals surface area contributed by atoms with Crippen molar-refractivity contribution < 1.29 is 39.2 Å². The molecule has 21 heavy (non-hydrogen) atoms. The van der Waals surface area contributed by atoms with E-state index in [0.29, 0.717) is 6.42 Å². The van der Waals surface area contributed by atoms with Crippen LogP contribution in [0.1, 0.15) is 33.1 Å². The van der Waals surface area contributed by atoms with E-state index in [-0.39, 0.29) is 5.92 Å². The Kier molecular flexibility index (Phi) is 6.80. The molecule has 9 nitrogen and oxygen atoms in total. The van der Waals surface area contributed by atoms with Crippen LogP contribution in [0, 0.1) is 5.92 Å². The van der Waals surface area contributed by atoms with Gasteiger partial charge in [0.05, 0.1) is 12.8 Å². The van der Waals surface area contributed by atoms with Gasteiger partial charge in [-0.1, -0.05) is 20.3 Å². The van der Waals surface area contributed by atoms with E-state index in [1.165, 1.54) is 0 Å². The topological polar surface area (TPSA) is 164 Å². The number of esters is 1. The van der Waals surface area contributed by atoms with Crippen LogP contribution in [0.25, 0.3) is 0 Å². The first-order valence-electron chi connectivity index (χ1n) is 6.21. The minimum absolute atomic E-state index is 0.335. The van der Waals surface area contributed by atoms with Crippen LogP contribution in [-0.2, 0) is 23.9 Å². The second-order valence-electron chi connectivity index (χ2n) is 4.77. The van der Waals surface area contributed by atoms with Crippen molar-refractivity contribution in [2.45, 2.75) is 44.8 Å². The van der Waals surface area contributed by atoms with Gasteiger partial charge in [-0.3, -0.25) is 14.4 Å². The lowest BCUT2D eigenvalue weighted by Crippen LogP contribution is -2.51. The largest absolute Gasteiger partial charge is 0.481 e. The van der Waals surface area contributed by atoms with Gasteiger partial charge in [-0.15, -0.1) is 0 Å². The van der Waals surface area contributed by atoms with E-state index in [9.17, 15) is 19.2 Å². The molecule has 0 aromatic heterocycles. The van der Waals surface area contributed by atoms with Gasteiger partial charge in [0.2, 0.25) is 5.60 Å². The number of nitrogens with two attached hydrogens (primary N) is 1. The fraction of sp³-hybridized carbons (Fsp3) is 0.667. The molecular formula is C12H19NO8. The highest BCUT2D eigenvalue weighted by Crippen LogP contribution is 2.24. The van der Waals surface area contributed by atoms with E-state index in [2.05, 4.69) is 4.74 Å². The first-order chi connectivity index (χ1) is 9.55. The van der Waals surface area contributed by atoms with Gasteiger partial charge in [0, 0.05) is 0 Å². The Hall–Kier alpha value is -2.16. The van der Waals surface area contributed by atoms with Crippen LogP contribution in [0.2, 0.25) is 0 Å². The van der Waals surface area contributed by atoms with Gasteiger partial charge in [0.15, 0.2) is 0 Å². The second kappa shape index (κ2) is 7.58. The maximum atomic E-state index is 11.8. The van der Waals surface area contributed by atoms with Crippen molar-refractivity contribution in [1.82, 2.24) is 0 Å². The summed E-state index contributed by atoms with van der Waals surface area (Å²) in [6, 6.07) is -1.17. The number of hydrogen-bond acceptors (Lipinski definition) is 6. The first kappa shape index (κ1) is 18.8. The van der Waals surface area contributed by atoms with E-state index in [1.54, 1.807) is 13.8 Å². The quantitative estimate of drug-likeness (QED) is 0.417. The normalized spacial score (nSPS) is 14.0. The number of ether oxygens (including phenoxy) is 1. The molecule has 0 rings (SSSR count). The summed E-state index contributed by atoms with van der Waals surface area (Å²) < 4.78 is 4.68. The molecular weight excluding hydrogens is 286 g/mol. The van der Waals surface area contributed by atoms with E-state index < -0.39 is 48.4 Å². The van der Waals surface area contributed by atoms with Gasteiger partial charge < -0.3 is 25.8 Å². The average molecular weight is 305 g/mol. The average Bonchev–Trinajstić information content (AvgIpc) is 2.34. The zero-order valence-electron chi connectivity index (χ0n) is 11.7. The summed E-state index contributed by atoms with van der Waals surface area (Å²) in [6.45, 7) is 3.37. The van der Waals surface area contributed by atoms with E-state index in [0.717, 1.165) is 0 Å². The van der Waals surface area contributed by atoms with Gasteiger partial charge in [-0.05, 0) is 5.92 Å². The van der Waals surface area contributed by atoms with E-state index in [1.807, 2.05) is 0 Å². The standard InChI is InChI=1S/C12H19NO8/c1-3-6(2)9(13)10(18)21-12(11(19)20,4-7(14)15)5-8(16)17/h6,9H,3-5,13H2,1-2H3,(H,14,15)(H,16,17)(H,19,20). The van der Waals surface area contributed by atoms with Crippen LogP contribution in [0.3, 0.4) is 0 Å². The molecule has 2 atom stereocenters. The van der Waals surface area contributed by atoms with Crippen LogP contribution in [0.4, 0.5) is 0 Å². The molecule has 0 heterocycles. The number of carbonyl (C=O) groups is 4. The lowest BCUT2D eigenvalue weighted by Gasteiger charge is -2.28. The van der Waals surface area contributed by atoms with Crippen LogP contribution in [0.15, 0.2) is 0 Å². The van der Waals surface area contributed by atoms with Gasteiger partial charge in [0.1, 0.15) is 6.04 Å². The van der Waals surface area contributed by atoms with Gasteiger partial charge in [-0.25, -0.2) is 4.79 Å². The van der Waals surface area contributed by atoms with Gasteiger partial charge in [0.25, 0.3) is 0 Å². The molecule has 0 saturated carbocycles. The molecule has 0 aliphatic rings. The molecule has 0 spiro atoms. The molecule has 0 radical (unpaired) electrons. The summed E-state index contributed by atoms with van der Waals surface area (Å²) in [5.41, 5.74) is 2.90. The monoisotopic (exact) mass is 305 g/mol. The fourth-order valence-electron chi connectivity index (χ4n) is 1.56. The molecule has 5 N–H and O–H groups in total. The Morgan fingerprint density at radius 2 is 1.52 bits per heavy atom. The molecule has 0 amide bonds. The number of rotatable bonds is 9. The maximum Gasteiger partial charge on any atom is 0.349 e. The Balaban J connectivity index is 5.38. The molecule has 0 aromatic carbocycles. The van der Waals surface area contributed by atoms with Crippen molar-refractivity contribution in [3.8, 4) is 0 Å². The molecule has 0 saturated heterocycles. The van der Waals surface area contributed by atoms with E-state index >= 15 is 0 Å². The number of hydrogen-bond donors (Lipinski definition) is 4. The lowest BCUT2D eigenvalue weighted by molar-refractivity contribution is -0.187. The summed E-state index contributed by atoms with van der Waals surface area (Å²) in [7, 11) is 0. The highest BCUT2D eigenvalue weighted by Gasteiger charge is 2.48. The Morgan fingerprint density at radius 1 is 1.10 bits per heavy atom. The third-order valence-electron chi connectivity index (χ3n) is 3.09. The number of aliphatic carboxylic acids is 3. The van der Waals surface area contributed by atoms with Crippen LogP contribution in [-0.4, -0.2) is 50.8 Å². The minimum Gasteiger partial charge on any atom is -0.481 e. The summed E-state index contributed by atoms with van der Waals surface area (Å²) in [5.74, 6) is -6.54. The van der Waals surface area contributed by atoms with Gasteiger partial charge >= 0.3 is 23.9 Å². The lowest BCUT2D eigenvalue weighted by atomic mass is 9.94. The Labute approximate surface area is 120 Å².